The molecule has 1 saturated heterocycles. The van der Waals surface area contributed by atoms with E-state index in [0.29, 0.717) is 12.3 Å². The number of amides is 1. The van der Waals surface area contributed by atoms with Crippen LogP contribution in [-0.2, 0) is 10.5 Å². The Morgan fingerprint density at radius 3 is 2.77 bits per heavy atom. The van der Waals surface area contributed by atoms with Crippen LogP contribution in [0.2, 0.25) is 0 Å². The van der Waals surface area contributed by atoms with Crippen LogP contribution >= 0.6 is 35.7 Å². The molecule has 7 heteroatoms. The van der Waals surface area contributed by atoms with Crippen LogP contribution < -0.4 is 11.1 Å². The second kappa shape index (κ2) is 12.4. The Morgan fingerprint density at radius 2 is 2.12 bits per heavy atom. The van der Waals surface area contributed by atoms with Crippen molar-refractivity contribution < 1.29 is 4.79 Å². The van der Waals surface area contributed by atoms with E-state index in [9.17, 15) is 4.79 Å². The fourth-order valence-corrected chi connectivity index (χ4v) is 3.97. The van der Waals surface area contributed by atoms with Gasteiger partial charge < -0.3 is 16.0 Å². The number of carbonyl (C=O) groups is 1. The zero-order chi connectivity index (χ0) is 18.1. The summed E-state index contributed by atoms with van der Waals surface area (Å²) in [6, 6.07) is 8.71. The van der Waals surface area contributed by atoms with Crippen molar-refractivity contribution in [3.8, 4) is 0 Å². The molecular weight excluding hydrogens is 459 g/mol. The van der Waals surface area contributed by atoms with Crippen LogP contribution in [0.25, 0.3) is 0 Å². The lowest BCUT2D eigenvalue weighted by atomic mass is 9.95. The summed E-state index contributed by atoms with van der Waals surface area (Å²) in [5, 5.41) is 3.45. The quantitative estimate of drug-likeness (QED) is 0.267. The zero-order valence-corrected chi connectivity index (χ0v) is 18.9. The smallest absolute Gasteiger partial charge is 0.217 e. The van der Waals surface area contributed by atoms with Gasteiger partial charge in [0.05, 0.1) is 0 Å². The Hall–Kier alpha value is -0.960. The van der Waals surface area contributed by atoms with Gasteiger partial charge in [0.2, 0.25) is 5.91 Å². The van der Waals surface area contributed by atoms with Crippen molar-refractivity contribution in [2.75, 3.05) is 32.4 Å². The Morgan fingerprint density at radius 1 is 1.38 bits per heavy atom. The average Bonchev–Trinajstić information content (AvgIpc) is 2.59. The van der Waals surface area contributed by atoms with Crippen LogP contribution in [0.5, 0.6) is 0 Å². The van der Waals surface area contributed by atoms with Gasteiger partial charge in [-0.25, -0.2) is 0 Å². The van der Waals surface area contributed by atoms with E-state index < -0.39 is 0 Å². The average molecular weight is 490 g/mol. The Bertz CT molecular complexity index is 579. The number of primary amides is 1. The lowest BCUT2D eigenvalue weighted by Crippen LogP contribution is -2.47. The molecule has 1 atom stereocenters. The lowest BCUT2D eigenvalue weighted by Gasteiger charge is -2.34. The predicted octanol–water partition coefficient (Wildman–Crippen LogP) is 3.01. The van der Waals surface area contributed by atoms with Crippen molar-refractivity contribution in [1.29, 1.82) is 0 Å². The van der Waals surface area contributed by atoms with Gasteiger partial charge in [-0.05, 0) is 31.2 Å². The van der Waals surface area contributed by atoms with Crippen LogP contribution in [0, 0.1) is 12.8 Å². The SMILES string of the molecule is CN=C(NCCSCc1ccc(C)cc1)N1CCCC(CC(N)=O)C1.I. The number of halogens is 1. The maximum Gasteiger partial charge on any atom is 0.217 e. The van der Waals surface area contributed by atoms with Crippen molar-refractivity contribution >= 4 is 47.6 Å². The number of hydrogen-bond donors (Lipinski definition) is 2. The first kappa shape index (κ1) is 23.1. The van der Waals surface area contributed by atoms with Crippen LogP contribution in [0.4, 0.5) is 0 Å². The van der Waals surface area contributed by atoms with Crippen molar-refractivity contribution in [3.63, 3.8) is 0 Å². The number of guanidine groups is 1. The number of aryl methyl sites for hydroxylation is 1. The number of aliphatic imine (C=N–C) groups is 1. The second-order valence-corrected chi connectivity index (χ2v) is 7.74. The number of nitrogens with one attached hydrogen (secondary N) is 1. The molecule has 1 aromatic rings. The third-order valence-corrected chi connectivity index (χ3v) is 5.47. The Labute approximate surface area is 178 Å². The van der Waals surface area contributed by atoms with E-state index >= 15 is 0 Å². The molecule has 0 aliphatic carbocycles. The molecule has 0 saturated carbocycles. The maximum absolute atomic E-state index is 11.1. The summed E-state index contributed by atoms with van der Waals surface area (Å²) in [7, 11) is 1.82. The van der Waals surface area contributed by atoms with E-state index in [1.54, 1.807) is 0 Å². The highest BCUT2D eigenvalue weighted by molar-refractivity contribution is 14.0. The largest absolute Gasteiger partial charge is 0.370 e. The minimum absolute atomic E-state index is 0. The molecule has 1 aliphatic rings. The summed E-state index contributed by atoms with van der Waals surface area (Å²) < 4.78 is 0. The van der Waals surface area contributed by atoms with Gasteiger partial charge in [-0.3, -0.25) is 9.79 Å². The molecule has 1 heterocycles. The summed E-state index contributed by atoms with van der Waals surface area (Å²) >= 11 is 1.92. The molecule has 1 unspecified atom stereocenters. The number of nitrogens with zero attached hydrogens (tertiary/aromatic N) is 2. The molecule has 2 rings (SSSR count). The number of thioether (sulfide) groups is 1. The Kier molecular flexibility index (Phi) is 11.0. The first-order valence-corrected chi connectivity index (χ1v) is 10.1. The summed E-state index contributed by atoms with van der Waals surface area (Å²) in [4.78, 5) is 17.8. The van der Waals surface area contributed by atoms with Crippen LogP contribution in [0.1, 0.15) is 30.4 Å². The number of benzene rings is 1. The molecule has 146 valence electrons. The summed E-state index contributed by atoms with van der Waals surface area (Å²) in [6.07, 6.45) is 2.63. The number of piperidine rings is 1. The van der Waals surface area contributed by atoms with Gasteiger partial charge in [0.1, 0.15) is 0 Å². The highest BCUT2D eigenvalue weighted by Gasteiger charge is 2.23. The third kappa shape index (κ3) is 8.16. The van der Waals surface area contributed by atoms with E-state index in [4.69, 9.17) is 5.73 Å². The number of carbonyl (C=O) groups excluding carboxylic acids is 1. The van der Waals surface area contributed by atoms with E-state index in [2.05, 4.69) is 46.4 Å². The predicted molar refractivity (Wildman–Crippen MR) is 122 cm³/mol. The lowest BCUT2D eigenvalue weighted by molar-refractivity contribution is -0.119. The van der Waals surface area contributed by atoms with E-state index in [-0.39, 0.29) is 29.9 Å². The van der Waals surface area contributed by atoms with Crippen LogP contribution in [-0.4, -0.2) is 49.2 Å². The van der Waals surface area contributed by atoms with Gasteiger partial charge in [0.25, 0.3) is 0 Å². The van der Waals surface area contributed by atoms with Crippen LogP contribution in [0.15, 0.2) is 29.3 Å². The minimum atomic E-state index is -0.206. The maximum atomic E-state index is 11.1. The van der Waals surface area contributed by atoms with E-state index in [1.165, 1.54) is 11.1 Å². The molecule has 5 nitrogen and oxygen atoms in total. The molecule has 1 amide bonds. The molecule has 26 heavy (non-hydrogen) atoms. The second-order valence-electron chi connectivity index (χ2n) is 6.64. The molecule has 0 spiro atoms. The van der Waals surface area contributed by atoms with Crippen molar-refractivity contribution in [2.45, 2.75) is 31.9 Å². The van der Waals surface area contributed by atoms with Crippen LogP contribution in [0.3, 0.4) is 0 Å². The summed E-state index contributed by atoms with van der Waals surface area (Å²) in [5.74, 6) is 3.14. The van der Waals surface area contributed by atoms with Gasteiger partial charge in [-0.2, -0.15) is 11.8 Å². The highest BCUT2D eigenvalue weighted by Crippen LogP contribution is 2.19. The molecule has 1 aromatic carbocycles. The molecule has 0 aromatic heterocycles. The van der Waals surface area contributed by atoms with Crippen molar-refractivity contribution in [3.05, 3.63) is 35.4 Å². The van der Waals surface area contributed by atoms with Crippen molar-refractivity contribution in [2.24, 2.45) is 16.6 Å². The molecule has 1 fully saturated rings. The first-order chi connectivity index (χ1) is 12.1. The standard InChI is InChI=1S/C19H30N4OS.HI/c1-15-5-7-16(8-6-15)14-25-11-9-22-19(21-2)23-10-3-4-17(13-23)12-18(20)24;/h5-8,17H,3-4,9-14H2,1-2H3,(H2,20,24)(H,21,22);1H. The topological polar surface area (TPSA) is 70.7 Å². The molecular formula is C19H31IN4OS. The number of nitrogens with two attached hydrogens (primary N) is 1. The van der Waals surface area contributed by atoms with Gasteiger partial charge in [-0.1, -0.05) is 29.8 Å². The van der Waals surface area contributed by atoms with Gasteiger partial charge in [0.15, 0.2) is 5.96 Å². The van der Waals surface area contributed by atoms with Gasteiger partial charge in [0, 0.05) is 44.6 Å². The molecule has 1 aliphatic heterocycles. The zero-order valence-electron chi connectivity index (χ0n) is 15.7. The monoisotopic (exact) mass is 490 g/mol. The summed E-state index contributed by atoms with van der Waals surface area (Å²) in [5.41, 5.74) is 8.01. The Balaban J connectivity index is 0.00000338. The molecule has 3 N–H and O–H groups in total. The third-order valence-electron chi connectivity index (χ3n) is 4.44. The molecule has 0 bridgehead atoms. The number of likely N-dealkylation sites (tertiary alicyclic amines) is 1. The molecule has 0 radical (unpaired) electrons. The van der Waals surface area contributed by atoms with Crippen molar-refractivity contribution in [1.82, 2.24) is 10.2 Å². The first-order valence-electron chi connectivity index (χ1n) is 8.95. The normalized spacial score (nSPS) is 17.5. The number of rotatable bonds is 7. The number of hydrogen-bond acceptors (Lipinski definition) is 3. The van der Waals surface area contributed by atoms with Gasteiger partial charge >= 0.3 is 0 Å². The van der Waals surface area contributed by atoms with E-state index in [0.717, 1.165) is 49.9 Å². The summed E-state index contributed by atoms with van der Waals surface area (Å²) in [6.45, 7) is 4.85. The fourth-order valence-electron chi connectivity index (χ4n) is 3.15. The van der Waals surface area contributed by atoms with E-state index in [1.807, 2.05) is 18.8 Å². The highest BCUT2D eigenvalue weighted by atomic mass is 127. The fraction of sp³-hybridized carbons (Fsp3) is 0.579. The van der Waals surface area contributed by atoms with Gasteiger partial charge in [-0.15, -0.1) is 24.0 Å². The minimum Gasteiger partial charge on any atom is -0.370 e.